The van der Waals surface area contributed by atoms with Crippen molar-refractivity contribution in [2.75, 3.05) is 4.90 Å². The first kappa shape index (κ1) is 14.1. The van der Waals surface area contributed by atoms with Gasteiger partial charge in [-0.25, -0.2) is 0 Å². The highest BCUT2D eigenvalue weighted by atomic mass is 16.3. The number of aryl methyl sites for hydroxylation is 1. The molecular formula is C17H15NO4. The van der Waals surface area contributed by atoms with Crippen molar-refractivity contribution in [1.29, 1.82) is 0 Å². The molecule has 0 aliphatic carbocycles. The highest BCUT2D eigenvalue weighted by Crippen LogP contribution is 2.40. The standard InChI is InChI=1S/C17H15NO4/c1-10-5-7-12(8-6-10)18-15(13-4-3-9-22-13)14(11(2)19)16(20)17(18)21/h3-9,15,20H,1-2H3/t15-/m1/s1. The summed E-state index contributed by atoms with van der Waals surface area (Å²) in [6.45, 7) is 3.27. The Morgan fingerprint density at radius 2 is 1.91 bits per heavy atom. The van der Waals surface area contributed by atoms with Gasteiger partial charge in [-0.1, -0.05) is 17.7 Å². The van der Waals surface area contributed by atoms with Crippen LogP contribution in [0.15, 0.2) is 58.4 Å². The Kier molecular flexibility index (Phi) is 3.33. The highest BCUT2D eigenvalue weighted by Gasteiger charge is 2.44. The van der Waals surface area contributed by atoms with E-state index in [0.717, 1.165) is 5.56 Å². The largest absolute Gasteiger partial charge is 0.503 e. The molecule has 1 aliphatic rings. The normalized spacial score (nSPS) is 18.2. The van der Waals surface area contributed by atoms with Crippen molar-refractivity contribution in [3.05, 3.63) is 65.3 Å². The second-order valence-corrected chi connectivity index (χ2v) is 5.25. The Bertz CT molecular complexity index is 756. The lowest BCUT2D eigenvalue weighted by Crippen LogP contribution is -2.30. The van der Waals surface area contributed by atoms with Gasteiger partial charge < -0.3 is 9.52 Å². The van der Waals surface area contributed by atoms with Crippen LogP contribution in [0, 0.1) is 6.92 Å². The van der Waals surface area contributed by atoms with Gasteiger partial charge in [-0.2, -0.15) is 0 Å². The lowest BCUT2D eigenvalue weighted by molar-refractivity contribution is -0.117. The predicted octanol–water partition coefficient (Wildman–Crippen LogP) is 3.08. The highest BCUT2D eigenvalue weighted by molar-refractivity contribution is 6.15. The molecule has 2 heterocycles. The second-order valence-electron chi connectivity index (χ2n) is 5.25. The maximum absolute atomic E-state index is 12.4. The van der Waals surface area contributed by atoms with Gasteiger partial charge in [0, 0.05) is 5.69 Å². The Hall–Kier alpha value is -2.82. The number of rotatable bonds is 3. The molecular weight excluding hydrogens is 282 g/mol. The smallest absolute Gasteiger partial charge is 0.294 e. The summed E-state index contributed by atoms with van der Waals surface area (Å²) in [5, 5.41) is 10.1. The molecule has 5 heteroatoms. The van der Waals surface area contributed by atoms with E-state index in [2.05, 4.69) is 0 Å². The molecule has 0 saturated carbocycles. The minimum Gasteiger partial charge on any atom is -0.503 e. The number of Topliss-reactive ketones (excluding diaryl/α,β-unsaturated/α-hetero) is 1. The van der Waals surface area contributed by atoms with Crippen molar-refractivity contribution in [3.63, 3.8) is 0 Å². The van der Waals surface area contributed by atoms with Crippen molar-refractivity contribution in [2.45, 2.75) is 19.9 Å². The minimum absolute atomic E-state index is 0.0560. The van der Waals surface area contributed by atoms with E-state index >= 15 is 0 Å². The minimum atomic E-state index is -0.747. The van der Waals surface area contributed by atoms with Crippen LogP contribution in [0.5, 0.6) is 0 Å². The summed E-state index contributed by atoms with van der Waals surface area (Å²) >= 11 is 0. The van der Waals surface area contributed by atoms with Crippen LogP contribution in [-0.2, 0) is 9.59 Å². The summed E-state index contributed by atoms with van der Waals surface area (Å²) in [4.78, 5) is 25.7. The molecule has 1 aromatic carbocycles. The number of nitrogens with zero attached hydrogens (tertiary/aromatic N) is 1. The number of aliphatic hydroxyl groups is 1. The monoisotopic (exact) mass is 297 g/mol. The number of aliphatic hydroxyl groups excluding tert-OH is 1. The maximum atomic E-state index is 12.4. The van der Waals surface area contributed by atoms with E-state index in [9.17, 15) is 14.7 Å². The third kappa shape index (κ3) is 2.11. The Morgan fingerprint density at radius 1 is 1.23 bits per heavy atom. The zero-order valence-corrected chi connectivity index (χ0v) is 12.2. The fourth-order valence-electron chi connectivity index (χ4n) is 2.65. The van der Waals surface area contributed by atoms with Crippen LogP contribution in [0.2, 0.25) is 0 Å². The van der Waals surface area contributed by atoms with Gasteiger partial charge in [-0.3, -0.25) is 14.5 Å². The fraction of sp³-hybridized carbons (Fsp3) is 0.176. The predicted molar refractivity (Wildman–Crippen MR) is 80.4 cm³/mol. The van der Waals surface area contributed by atoms with Gasteiger partial charge in [0.15, 0.2) is 11.5 Å². The number of anilines is 1. The number of benzene rings is 1. The van der Waals surface area contributed by atoms with Crippen LogP contribution in [0.1, 0.15) is 24.3 Å². The number of carbonyl (C=O) groups excluding carboxylic acids is 2. The Labute approximate surface area is 127 Å². The van der Waals surface area contributed by atoms with E-state index in [0.29, 0.717) is 11.4 Å². The number of amides is 1. The van der Waals surface area contributed by atoms with Crippen LogP contribution in [0.3, 0.4) is 0 Å². The summed E-state index contributed by atoms with van der Waals surface area (Å²) in [6, 6.07) is 9.90. The SMILES string of the molecule is CC(=O)C1=C(O)C(=O)N(c2ccc(C)cc2)[C@@H]1c1ccco1. The molecule has 3 rings (SSSR count). The molecule has 1 aliphatic heterocycles. The molecule has 112 valence electrons. The molecule has 0 unspecified atom stereocenters. The van der Waals surface area contributed by atoms with Crippen molar-refractivity contribution in [2.24, 2.45) is 0 Å². The van der Waals surface area contributed by atoms with Gasteiger partial charge in [0.25, 0.3) is 5.91 Å². The lowest BCUT2D eigenvalue weighted by Gasteiger charge is -2.24. The van der Waals surface area contributed by atoms with E-state index < -0.39 is 17.7 Å². The molecule has 1 aromatic heterocycles. The zero-order valence-electron chi connectivity index (χ0n) is 12.2. The summed E-state index contributed by atoms with van der Waals surface area (Å²) in [5.74, 6) is -1.05. The van der Waals surface area contributed by atoms with Crippen molar-refractivity contribution in [3.8, 4) is 0 Å². The van der Waals surface area contributed by atoms with Crippen molar-refractivity contribution >= 4 is 17.4 Å². The van der Waals surface area contributed by atoms with Crippen LogP contribution in [0.25, 0.3) is 0 Å². The van der Waals surface area contributed by atoms with Crippen LogP contribution in [0.4, 0.5) is 5.69 Å². The van der Waals surface area contributed by atoms with E-state index in [1.165, 1.54) is 18.1 Å². The molecule has 5 nitrogen and oxygen atoms in total. The average molecular weight is 297 g/mol. The molecule has 1 amide bonds. The Balaban J connectivity index is 2.15. The molecule has 1 atom stereocenters. The molecule has 0 radical (unpaired) electrons. The summed E-state index contributed by atoms with van der Waals surface area (Å²) in [6.07, 6.45) is 1.47. The number of hydrogen-bond donors (Lipinski definition) is 1. The van der Waals surface area contributed by atoms with Gasteiger partial charge in [-0.05, 0) is 38.1 Å². The molecule has 1 N–H and O–H groups in total. The molecule has 0 saturated heterocycles. The van der Waals surface area contributed by atoms with Crippen molar-refractivity contribution in [1.82, 2.24) is 0 Å². The average Bonchev–Trinajstić information content (AvgIpc) is 3.08. The van der Waals surface area contributed by atoms with Gasteiger partial charge in [0.2, 0.25) is 0 Å². The first-order chi connectivity index (χ1) is 10.5. The van der Waals surface area contributed by atoms with Gasteiger partial charge >= 0.3 is 0 Å². The first-order valence-electron chi connectivity index (χ1n) is 6.88. The number of carbonyl (C=O) groups is 2. The third-order valence-electron chi connectivity index (χ3n) is 3.71. The summed E-state index contributed by atoms with van der Waals surface area (Å²) in [5.41, 5.74) is 1.70. The lowest BCUT2D eigenvalue weighted by atomic mass is 10.0. The van der Waals surface area contributed by atoms with Gasteiger partial charge in [-0.15, -0.1) is 0 Å². The van der Waals surface area contributed by atoms with E-state index in [1.54, 1.807) is 24.3 Å². The maximum Gasteiger partial charge on any atom is 0.294 e. The Morgan fingerprint density at radius 3 is 2.45 bits per heavy atom. The van der Waals surface area contributed by atoms with Crippen molar-refractivity contribution < 1.29 is 19.1 Å². The van der Waals surface area contributed by atoms with Crippen LogP contribution in [-0.4, -0.2) is 16.8 Å². The summed E-state index contributed by atoms with van der Waals surface area (Å²) < 4.78 is 5.38. The van der Waals surface area contributed by atoms with E-state index in [-0.39, 0.29) is 11.4 Å². The molecule has 2 aromatic rings. The van der Waals surface area contributed by atoms with Crippen LogP contribution < -0.4 is 4.90 Å². The van der Waals surface area contributed by atoms with Crippen LogP contribution >= 0.6 is 0 Å². The third-order valence-corrected chi connectivity index (χ3v) is 3.71. The number of furan rings is 1. The quantitative estimate of drug-likeness (QED) is 0.945. The second kappa shape index (κ2) is 5.18. The van der Waals surface area contributed by atoms with E-state index in [1.807, 2.05) is 19.1 Å². The topological polar surface area (TPSA) is 70.8 Å². The van der Waals surface area contributed by atoms with E-state index in [4.69, 9.17) is 4.42 Å². The van der Waals surface area contributed by atoms with Gasteiger partial charge in [0.05, 0.1) is 11.8 Å². The molecule has 0 fully saturated rings. The fourth-order valence-corrected chi connectivity index (χ4v) is 2.65. The molecule has 0 bridgehead atoms. The number of ketones is 1. The zero-order chi connectivity index (χ0) is 15.9. The first-order valence-corrected chi connectivity index (χ1v) is 6.88. The summed E-state index contributed by atoms with van der Waals surface area (Å²) in [7, 11) is 0. The molecule has 22 heavy (non-hydrogen) atoms. The molecule has 0 spiro atoms. The number of hydrogen-bond acceptors (Lipinski definition) is 4. The van der Waals surface area contributed by atoms with Gasteiger partial charge in [0.1, 0.15) is 11.8 Å².